The molecule has 132 valence electrons. The van der Waals surface area contributed by atoms with Crippen molar-refractivity contribution in [1.82, 2.24) is 20.1 Å². The minimum Gasteiger partial charge on any atom is -0.419 e. The first kappa shape index (κ1) is 17.1. The minimum atomic E-state index is 0.151. The molecule has 7 heteroatoms. The molecule has 0 saturated carbocycles. The number of halogens is 1. The lowest BCUT2D eigenvalue weighted by atomic mass is 10.2. The Kier molecular flexibility index (Phi) is 4.72. The summed E-state index contributed by atoms with van der Waals surface area (Å²) in [7, 11) is 2.03. The smallest absolute Gasteiger partial charge is 0.247 e. The summed E-state index contributed by atoms with van der Waals surface area (Å²) in [6.45, 7) is 2.69. The molecule has 0 saturated heterocycles. The number of thiazole rings is 1. The molecule has 4 aromatic rings. The van der Waals surface area contributed by atoms with E-state index < -0.39 is 0 Å². The molecule has 2 aromatic carbocycles. The lowest BCUT2D eigenvalue weighted by Gasteiger charge is -2.20. The zero-order valence-corrected chi connectivity index (χ0v) is 16.0. The molecule has 0 fully saturated rings. The highest BCUT2D eigenvalue weighted by Crippen LogP contribution is 2.29. The molecule has 4 rings (SSSR count). The van der Waals surface area contributed by atoms with Crippen LogP contribution in [0.5, 0.6) is 0 Å². The van der Waals surface area contributed by atoms with Gasteiger partial charge in [-0.05, 0) is 50.4 Å². The maximum Gasteiger partial charge on any atom is 0.247 e. The highest BCUT2D eigenvalue weighted by molar-refractivity contribution is 7.18. The molecule has 1 atom stereocenters. The molecule has 0 unspecified atom stereocenters. The van der Waals surface area contributed by atoms with Crippen LogP contribution in [-0.2, 0) is 6.54 Å². The van der Waals surface area contributed by atoms with E-state index in [1.807, 2.05) is 49.5 Å². The minimum absolute atomic E-state index is 0.151. The van der Waals surface area contributed by atoms with E-state index in [0.717, 1.165) is 16.1 Å². The van der Waals surface area contributed by atoms with Gasteiger partial charge in [-0.3, -0.25) is 4.90 Å². The number of para-hydroxylation sites is 1. The van der Waals surface area contributed by atoms with Gasteiger partial charge in [0.15, 0.2) is 0 Å². The van der Waals surface area contributed by atoms with Crippen LogP contribution >= 0.6 is 22.9 Å². The van der Waals surface area contributed by atoms with Crippen LogP contribution < -0.4 is 0 Å². The monoisotopic (exact) mass is 384 g/mol. The van der Waals surface area contributed by atoms with Gasteiger partial charge in [-0.15, -0.1) is 21.5 Å². The van der Waals surface area contributed by atoms with Crippen LogP contribution in [-0.4, -0.2) is 27.1 Å². The Balaban J connectivity index is 1.49. The third kappa shape index (κ3) is 3.49. The predicted molar refractivity (Wildman–Crippen MR) is 104 cm³/mol. The third-order valence-corrected chi connectivity index (χ3v) is 5.73. The van der Waals surface area contributed by atoms with Crippen LogP contribution in [0.25, 0.3) is 21.7 Å². The SMILES string of the molecule is C[C@H](c1nc2ccccc2s1)N(C)Cc1nnc(-c2ccc(Cl)cc2)o1. The van der Waals surface area contributed by atoms with E-state index in [9.17, 15) is 0 Å². The number of hydrogen-bond acceptors (Lipinski definition) is 6. The fourth-order valence-corrected chi connectivity index (χ4v) is 3.84. The van der Waals surface area contributed by atoms with Gasteiger partial charge >= 0.3 is 0 Å². The van der Waals surface area contributed by atoms with Crippen molar-refractivity contribution < 1.29 is 4.42 Å². The zero-order valence-electron chi connectivity index (χ0n) is 14.4. The summed E-state index contributed by atoms with van der Waals surface area (Å²) < 4.78 is 7.00. The average molecular weight is 385 g/mol. The normalized spacial score (nSPS) is 12.8. The molecule has 0 radical (unpaired) electrons. The molecule has 0 aliphatic heterocycles. The van der Waals surface area contributed by atoms with Crippen LogP contribution in [0.1, 0.15) is 23.9 Å². The van der Waals surface area contributed by atoms with Crippen LogP contribution in [0.3, 0.4) is 0 Å². The van der Waals surface area contributed by atoms with Gasteiger partial charge in [-0.2, -0.15) is 0 Å². The quantitative estimate of drug-likeness (QED) is 0.473. The van der Waals surface area contributed by atoms with Gasteiger partial charge < -0.3 is 4.42 Å². The van der Waals surface area contributed by atoms with Crippen molar-refractivity contribution in [1.29, 1.82) is 0 Å². The van der Waals surface area contributed by atoms with E-state index in [1.165, 1.54) is 4.70 Å². The van der Waals surface area contributed by atoms with Crippen molar-refractivity contribution >= 4 is 33.2 Å². The predicted octanol–water partition coefficient (Wildman–Crippen LogP) is 5.19. The first-order chi connectivity index (χ1) is 12.6. The van der Waals surface area contributed by atoms with Crippen molar-refractivity contribution in [2.75, 3.05) is 7.05 Å². The molecule has 0 N–H and O–H groups in total. The van der Waals surface area contributed by atoms with Crippen molar-refractivity contribution in [3.8, 4) is 11.5 Å². The lowest BCUT2D eigenvalue weighted by molar-refractivity contribution is 0.228. The molecule has 0 amide bonds. The highest BCUT2D eigenvalue weighted by atomic mass is 35.5. The maximum atomic E-state index is 5.92. The van der Waals surface area contributed by atoms with Crippen LogP contribution in [0.2, 0.25) is 5.02 Å². The fourth-order valence-electron chi connectivity index (χ4n) is 2.63. The summed E-state index contributed by atoms with van der Waals surface area (Å²) in [5.41, 5.74) is 1.89. The number of benzene rings is 2. The molecule has 0 aliphatic rings. The zero-order chi connectivity index (χ0) is 18.1. The number of aromatic nitrogens is 3. The molecule has 2 aromatic heterocycles. The van der Waals surface area contributed by atoms with Gasteiger partial charge in [0, 0.05) is 10.6 Å². The molecule has 0 spiro atoms. The van der Waals surface area contributed by atoms with Crippen LogP contribution in [0, 0.1) is 0 Å². The molecular weight excluding hydrogens is 368 g/mol. The molecule has 5 nitrogen and oxygen atoms in total. The fraction of sp³-hybridized carbons (Fsp3) is 0.211. The van der Waals surface area contributed by atoms with E-state index in [2.05, 4.69) is 28.1 Å². The van der Waals surface area contributed by atoms with Gasteiger partial charge in [0.25, 0.3) is 0 Å². The largest absolute Gasteiger partial charge is 0.419 e. The van der Waals surface area contributed by atoms with E-state index in [4.69, 9.17) is 21.0 Å². The van der Waals surface area contributed by atoms with Crippen molar-refractivity contribution in [2.45, 2.75) is 19.5 Å². The Bertz CT molecular complexity index is 994. The molecular formula is C19H17ClN4OS. The first-order valence-electron chi connectivity index (χ1n) is 8.24. The van der Waals surface area contributed by atoms with Gasteiger partial charge in [-0.1, -0.05) is 23.7 Å². The second kappa shape index (κ2) is 7.15. The number of fused-ring (bicyclic) bond motifs is 1. The Hall–Kier alpha value is -2.28. The van der Waals surface area contributed by atoms with Gasteiger partial charge in [0.1, 0.15) is 5.01 Å². The van der Waals surface area contributed by atoms with Crippen LogP contribution in [0.15, 0.2) is 52.9 Å². The summed E-state index contributed by atoms with van der Waals surface area (Å²) in [6.07, 6.45) is 0. The Morgan fingerprint density at radius 1 is 1.12 bits per heavy atom. The van der Waals surface area contributed by atoms with Gasteiger partial charge in [0.05, 0.1) is 22.8 Å². The third-order valence-electron chi connectivity index (χ3n) is 4.27. The Morgan fingerprint density at radius 3 is 2.65 bits per heavy atom. The molecule has 26 heavy (non-hydrogen) atoms. The summed E-state index contributed by atoms with van der Waals surface area (Å²) in [5.74, 6) is 1.07. The second-order valence-corrected chi connectivity index (χ2v) is 7.62. The van der Waals surface area contributed by atoms with E-state index in [-0.39, 0.29) is 6.04 Å². The number of hydrogen-bond donors (Lipinski definition) is 0. The van der Waals surface area contributed by atoms with Crippen molar-refractivity contribution in [3.05, 3.63) is 64.5 Å². The maximum absolute atomic E-state index is 5.92. The van der Waals surface area contributed by atoms with E-state index in [1.54, 1.807) is 11.3 Å². The molecule has 0 bridgehead atoms. The van der Waals surface area contributed by atoms with E-state index >= 15 is 0 Å². The average Bonchev–Trinajstić information content (AvgIpc) is 3.28. The first-order valence-corrected chi connectivity index (χ1v) is 9.43. The Labute approximate surface area is 160 Å². The van der Waals surface area contributed by atoms with Crippen LogP contribution in [0.4, 0.5) is 0 Å². The lowest BCUT2D eigenvalue weighted by Crippen LogP contribution is -2.22. The molecule has 2 heterocycles. The van der Waals surface area contributed by atoms with Gasteiger partial charge in [0.2, 0.25) is 11.8 Å². The number of rotatable bonds is 5. The summed E-state index contributed by atoms with van der Waals surface area (Å²) in [4.78, 5) is 6.88. The van der Waals surface area contributed by atoms with E-state index in [0.29, 0.717) is 23.3 Å². The summed E-state index contributed by atoms with van der Waals surface area (Å²) in [5, 5.41) is 10.1. The topological polar surface area (TPSA) is 55.1 Å². The second-order valence-electron chi connectivity index (χ2n) is 6.12. The van der Waals surface area contributed by atoms with Crippen molar-refractivity contribution in [2.24, 2.45) is 0 Å². The summed E-state index contributed by atoms with van der Waals surface area (Å²) >= 11 is 7.63. The highest BCUT2D eigenvalue weighted by Gasteiger charge is 2.19. The summed E-state index contributed by atoms with van der Waals surface area (Å²) in [6, 6.07) is 15.7. The van der Waals surface area contributed by atoms with Crippen molar-refractivity contribution in [3.63, 3.8) is 0 Å². The van der Waals surface area contributed by atoms with Gasteiger partial charge in [-0.25, -0.2) is 4.98 Å². The Morgan fingerprint density at radius 2 is 1.88 bits per heavy atom. The number of nitrogens with zero attached hydrogens (tertiary/aromatic N) is 4. The molecule has 0 aliphatic carbocycles. The standard InChI is InChI=1S/C19H17ClN4OS/c1-12(19-21-15-5-3-4-6-16(15)26-19)24(2)11-17-22-23-18(25-17)13-7-9-14(20)10-8-13/h3-10,12H,11H2,1-2H3/t12-/m1/s1.